The van der Waals surface area contributed by atoms with Gasteiger partial charge in [0, 0.05) is 43.6 Å². The molecule has 0 radical (unpaired) electrons. The molecule has 5 heteroatoms. The molecule has 8 aromatic carbocycles. The van der Waals surface area contributed by atoms with Crippen molar-refractivity contribution in [2.75, 3.05) is 0 Å². The van der Waals surface area contributed by atoms with Gasteiger partial charge in [-0.2, -0.15) is 10.5 Å². The van der Waals surface area contributed by atoms with Crippen LogP contribution in [-0.4, -0.2) is 13.7 Å². The zero-order valence-corrected chi connectivity index (χ0v) is 29.5. The van der Waals surface area contributed by atoms with Crippen molar-refractivity contribution in [3.8, 4) is 40.3 Å². The second kappa shape index (κ2) is 11.8. The monoisotopic (exact) mass is 699 g/mol. The lowest BCUT2D eigenvalue weighted by Crippen LogP contribution is -2.01. The highest BCUT2D eigenvalue weighted by Crippen LogP contribution is 2.40. The maximum absolute atomic E-state index is 10.9. The number of nitrogens with zero attached hydrogens (tertiary/aromatic N) is 5. The normalized spacial score (nSPS) is 11.6. The molecule has 0 saturated heterocycles. The van der Waals surface area contributed by atoms with Crippen molar-refractivity contribution in [1.82, 2.24) is 13.7 Å². The molecule has 0 spiro atoms. The Balaban J connectivity index is 1.14. The molecule has 0 fully saturated rings. The summed E-state index contributed by atoms with van der Waals surface area (Å²) in [5.74, 6) is 0. The Morgan fingerprint density at radius 2 is 0.873 bits per heavy atom. The molecule has 0 aliphatic carbocycles. The lowest BCUT2D eigenvalue weighted by Gasteiger charge is -2.16. The zero-order valence-electron chi connectivity index (χ0n) is 29.5. The minimum Gasteiger partial charge on any atom is -0.309 e. The summed E-state index contributed by atoms with van der Waals surface area (Å²) in [6, 6.07) is 65.9. The SMILES string of the molecule is N#Cc1cc(-c2ccccc2-n2c3ccccc3c3cccc(C#N)c32)ccc1-n1c2ccccc2c2ccc(-n3c4ccccc4c4ccccc43)cc21. The topological polar surface area (TPSA) is 62.4 Å². The molecule has 0 atom stereocenters. The maximum atomic E-state index is 10.9. The first kappa shape index (κ1) is 30.7. The van der Waals surface area contributed by atoms with Crippen LogP contribution in [0.5, 0.6) is 0 Å². The van der Waals surface area contributed by atoms with Crippen molar-refractivity contribution in [3.63, 3.8) is 0 Å². The Labute approximate surface area is 316 Å². The van der Waals surface area contributed by atoms with Crippen LogP contribution >= 0.6 is 0 Å². The van der Waals surface area contributed by atoms with Crippen LogP contribution in [0.4, 0.5) is 0 Å². The zero-order chi connectivity index (χ0) is 36.6. The molecule has 3 heterocycles. The molecular weight excluding hydrogens is 671 g/mol. The molecule has 0 bridgehead atoms. The molecule has 0 N–H and O–H groups in total. The largest absolute Gasteiger partial charge is 0.309 e. The first-order valence-corrected chi connectivity index (χ1v) is 18.3. The van der Waals surface area contributed by atoms with Gasteiger partial charge < -0.3 is 13.7 Å². The van der Waals surface area contributed by atoms with Gasteiger partial charge in [-0.3, -0.25) is 0 Å². The summed E-state index contributed by atoms with van der Waals surface area (Å²) < 4.78 is 6.77. The highest BCUT2D eigenvalue weighted by atomic mass is 15.0. The third-order valence-corrected chi connectivity index (χ3v) is 11.1. The van der Waals surface area contributed by atoms with Crippen molar-refractivity contribution >= 4 is 65.4 Å². The minimum absolute atomic E-state index is 0.567. The van der Waals surface area contributed by atoms with E-state index in [4.69, 9.17) is 0 Å². The summed E-state index contributed by atoms with van der Waals surface area (Å²) in [6.07, 6.45) is 0. The van der Waals surface area contributed by atoms with Gasteiger partial charge >= 0.3 is 0 Å². The molecule has 11 aromatic rings. The van der Waals surface area contributed by atoms with Crippen LogP contribution < -0.4 is 0 Å². The molecule has 0 saturated carbocycles. The van der Waals surface area contributed by atoms with E-state index in [9.17, 15) is 10.5 Å². The highest BCUT2D eigenvalue weighted by Gasteiger charge is 2.21. The third-order valence-electron chi connectivity index (χ3n) is 11.1. The van der Waals surface area contributed by atoms with Crippen molar-refractivity contribution in [2.24, 2.45) is 0 Å². The van der Waals surface area contributed by atoms with Gasteiger partial charge in [-0.05, 0) is 66.2 Å². The summed E-state index contributed by atoms with van der Waals surface area (Å²) in [7, 11) is 0. The Morgan fingerprint density at radius 3 is 1.53 bits per heavy atom. The van der Waals surface area contributed by atoms with Crippen molar-refractivity contribution in [2.45, 2.75) is 0 Å². The van der Waals surface area contributed by atoms with Crippen LogP contribution in [0.15, 0.2) is 176 Å². The average molecular weight is 700 g/mol. The molecule has 3 aromatic heterocycles. The fraction of sp³-hybridized carbons (Fsp3) is 0. The van der Waals surface area contributed by atoms with Gasteiger partial charge in [-0.15, -0.1) is 0 Å². The predicted octanol–water partition coefficient (Wildman–Crippen LogP) is 12.4. The predicted molar refractivity (Wildman–Crippen MR) is 224 cm³/mol. The van der Waals surface area contributed by atoms with Gasteiger partial charge in [0.05, 0.1) is 55.6 Å². The summed E-state index contributed by atoms with van der Waals surface area (Å²) in [5, 5.41) is 27.9. The van der Waals surface area contributed by atoms with Gasteiger partial charge in [0.2, 0.25) is 0 Å². The number of benzene rings is 8. The van der Waals surface area contributed by atoms with E-state index < -0.39 is 0 Å². The van der Waals surface area contributed by atoms with Gasteiger partial charge in [0.15, 0.2) is 0 Å². The van der Waals surface area contributed by atoms with Crippen LogP contribution in [0.3, 0.4) is 0 Å². The van der Waals surface area contributed by atoms with E-state index in [0.717, 1.165) is 82.8 Å². The second-order valence-corrected chi connectivity index (χ2v) is 14.0. The number of para-hydroxylation sites is 6. The van der Waals surface area contributed by atoms with Gasteiger partial charge in [-0.1, -0.05) is 115 Å². The van der Waals surface area contributed by atoms with Crippen LogP contribution in [-0.2, 0) is 0 Å². The molecule has 0 unspecified atom stereocenters. The number of aromatic nitrogens is 3. The number of hydrogen-bond donors (Lipinski definition) is 0. The molecule has 11 rings (SSSR count). The summed E-state index contributed by atoms with van der Waals surface area (Å²) in [4.78, 5) is 0. The average Bonchev–Trinajstić information content (AvgIpc) is 3.89. The molecule has 0 aliphatic heterocycles. The Kier molecular flexibility index (Phi) is 6.61. The quantitative estimate of drug-likeness (QED) is 0.184. The molecule has 254 valence electrons. The van der Waals surface area contributed by atoms with E-state index in [0.29, 0.717) is 11.1 Å². The summed E-state index contributed by atoms with van der Waals surface area (Å²) in [6.45, 7) is 0. The Hall–Kier alpha value is -7.86. The lowest BCUT2D eigenvalue weighted by atomic mass is 10.00. The highest BCUT2D eigenvalue weighted by molar-refractivity contribution is 6.13. The van der Waals surface area contributed by atoms with Crippen LogP contribution in [0.25, 0.3) is 93.6 Å². The molecule has 0 aliphatic rings. The number of nitriles is 2. The van der Waals surface area contributed by atoms with E-state index in [1.54, 1.807) is 0 Å². The van der Waals surface area contributed by atoms with Crippen LogP contribution in [0.1, 0.15) is 11.1 Å². The number of rotatable bonds is 4. The van der Waals surface area contributed by atoms with E-state index in [1.165, 1.54) is 10.8 Å². The van der Waals surface area contributed by atoms with Crippen molar-refractivity contribution in [1.29, 1.82) is 10.5 Å². The van der Waals surface area contributed by atoms with E-state index in [1.807, 2.05) is 42.5 Å². The number of fused-ring (bicyclic) bond motifs is 9. The van der Waals surface area contributed by atoms with Crippen molar-refractivity contribution in [3.05, 3.63) is 187 Å². The van der Waals surface area contributed by atoms with E-state index in [-0.39, 0.29) is 0 Å². The van der Waals surface area contributed by atoms with Crippen molar-refractivity contribution < 1.29 is 0 Å². The first-order valence-electron chi connectivity index (χ1n) is 18.3. The second-order valence-electron chi connectivity index (χ2n) is 14.0. The van der Waals surface area contributed by atoms with Gasteiger partial charge in [-0.25, -0.2) is 0 Å². The van der Waals surface area contributed by atoms with E-state index in [2.05, 4.69) is 159 Å². The third kappa shape index (κ3) is 4.39. The fourth-order valence-corrected chi connectivity index (χ4v) is 8.82. The summed E-state index contributed by atoms with van der Waals surface area (Å²) in [5.41, 5.74) is 12.2. The number of hydrogen-bond acceptors (Lipinski definition) is 2. The summed E-state index contributed by atoms with van der Waals surface area (Å²) >= 11 is 0. The minimum atomic E-state index is 0.567. The van der Waals surface area contributed by atoms with E-state index >= 15 is 0 Å². The molecule has 0 amide bonds. The Morgan fingerprint density at radius 1 is 0.345 bits per heavy atom. The molecule has 55 heavy (non-hydrogen) atoms. The lowest BCUT2D eigenvalue weighted by molar-refractivity contribution is 1.15. The Bertz CT molecular complexity index is 3420. The van der Waals surface area contributed by atoms with Crippen LogP contribution in [0.2, 0.25) is 0 Å². The maximum Gasteiger partial charge on any atom is 0.101 e. The van der Waals surface area contributed by atoms with Gasteiger partial charge in [0.1, 0.15) is 12.1 Å². The smallest absolute Gasteiger partial charge is 0.101 e. The molecular formula is C50H29N5. The fourth-order valence-electron chi connectivity index (χ4n) is 8.82. The van der Waals surface area contributed by atoms with Crippen LogP contribution in [0, 0.1) is 22.7 Å². The standard InChI is InChI=1S/C50H29N5/c51-30-33-12-11-18-42-40-17-5-10-23-48(40)55(50(33)42)44-19-6-1-13-36(44)32-24-27-43(34(28-32)31-52)54-47-22-9-4-16-39(47)41-26-25-35(29-49(41)54)53-45-20-7-2-14-37(45)38-15-3-8-21-46(38)53/h1-29H. The first-order chi connectivity index (χ1) is 27.2. The van der Waals surface area contributed by atoms with Gasteiger partial charge in [0.25, 0.3) is 0 Å². The molecule has 5 nitrogen and oxygen atoms in total.